The topological polar surface area (TPSA) is 55.8 Å². The highest BCUT2D eigenvalue weighted by Gasteiger charge is 2.16. The second-order valence-electron chi connectivity index (χ2n) is 7.51. The average Bonchev–Trinajstić information content (AvgIpc) is 3.15. The third-order valence-corrected chi connectivity index (χ3v) is 5.97. The molecule has 0 radical (unpaired) electrons. The van der Waals surface area contributed by atoms with Crippen molar-refractivity contribution < 1.29 is 0 Å². The molecule has 0 unspecified atom stereocenters. The van der Waals surface area contributed by atoms with Gasteiger partial charge in [0.25, 0.3) is 0 Å². The van der Waals surface area contributed by atoms with Crippen LogP contribution < -0.4 is 15.5 Å². The van der Waals surface area contributed by atoms with E-state index in [0.717, 1.165) is 63.2 Å². The zero-order valence-corrected chi connectivity index (χ0v) is 21.5. The van der Waals surface area contributed by atoms with Crippen molar-refractivity contribution in [2.45, 2.75) is 33.7 Å². The van der Waals surface area contributed by atoms with E-state index in [-0.39, 0.29) is 24.0 Å². The van der Waals surface area contributed by atoms with E-state index < -0.39 is 0 Å². The lowest BCUT2D eigenvalue weighted by molar-refractivity contribution is 0.255. The van der Waals surface area contributed by atoms with Crippen molar-refractivity contribution in [3.05, 3.63) is 45.9 Å². The van der Waals surface area contributed by atoms with Crippen molar-refractivity contribution >= 4 is 47.0 Å². The number of aryl methyl sites for hydroxylation is 2. The first-order chi connectivity index (χ1) is 14.1. The summed E-state index contributed by atoms with van der Waals surface area (Å²) in [5, 5.41) is 7.84. The van der Waals surface area contributed by atoms with E-state index in [1.165, 1.54) is 16.1 Å². The summed E-state index contributed by atoms with van der Waals surface area (Å²) in [6.45, 7) is 14.4. The van der Waals surface area contributed by atoms with Crippen LogP contribution >= 0.6 is 35.3 Å². The number of nitrogens with zero attached hydrogens (tertiary/aromatic N) is 4. The number of rotatable bonds is 8. The molecule has 1 fully saturated rings. The van der Waals surface area contributed by atoms with Gasteiger partial charge < -0.3 is 15.5 Å². The Balaban J connectivity index is 0.00000320. The maximum atomic E-state index is 4.65. The Kier molecular flexibility index (Phi) is 10.9. The lowest BCUT2D eigenvalue weighted by Crippen LogP contribution is -2.47. The first-order valence-electron chi connectivity index (χ1n) is 10.6. The Bertz CT molecular complexity index is 785. The third kappa shape index (κ3) is 8.03. The van der Waals surface area contributed by atoms with Crippen molar-refractivity contribution in [1.82, 2.24) is 20.5 Å². The normalized spacial score (nSPS) is 15.0. The van der Waals surface area contributed by atoms with Gasteiger partial charge in [0.15, 0.2) is 5.96 Å². The number of hydrogen-bond acceptors (Lipinski definition) is 5. The molecule has 30 heavy (non-hydrogen) atoms. The number of aliphatic imine (C=N–C) groups is 1. The molecule has 2 heterocycles. The van der Waals surface area contributed by atoms with Gasteiger partial charge >= 0.3 is 0 Å². The second-order valence-corrected chi connectivity index (χ2v) is 8.83. The predicted octanol–water partition coefficient (Wildman–Crippen LogP) is 3.65. The summed E-state index contributed by atoms with van der Waals surface area (Å²) < 4.78 is 0. The van der Waals surface area contributed by atoms with Gasteiger partial charge in [-0.2, -0.15) is 0 Å². The van der Waals surface area contributed by atoms with E-state index >= 15 is 0 Å². The summed E-state index contributed by atoms with van der Waals surface area (Å²) in [6, 6.07) is 8.83. The molecular weight excluding hydrogens is 507 g/mol. The summed E-state index contributed by atoms with van der Waals surface area (Å²) in [5.74, 6) is 0.879. The quantitative estimate of drug-likeness (QED) is 0.231. The van der Waals surface area contributed by atoms with E-state index in [9.17, 15) is 0 Å². The van der Waals surface area contributed by atoms with Gasteiger partial charge in [0.2, 0.25) is 0 Å². The molecule has 2 N–H and O–H groups in total. The highest BCUT2D eigenvalue weighted by Crippen LogP contribution is 2.17. The van der Waals surface area contributed by atoms with Crippen LogP contribution in [0.1, 0.15) is 28.8 Å². The summed E-state index contributed by atoms with van der Waals surface area (Å²) in [4.78, 5) is 15.3. The van der Waals surface area contributed by atoms with Crippen LogP contribution in [-0.4, -0.2) is 61.7 Å². The Morgan fingerprint density at radius 2 is 1.97 bits per heavy atom. The molecule has 0 bridgehead atoms. The van der Waals surface area contributed by atoms with Crippen LogP contribution in [0.2, 0.25) is 0 Å². The molecule has 0 amide bonds. The van der Waals surface area contributed by atoms with Gasteiger partial charge in [0.1, 0.15) is 5.01 Å². The number of guanidine groups is 1. The van der Waals surface area contributed by atoms with Gasteiger partial charge in [-0.05, 0) is 51.4 Å². The van der Waals surface area contributed by atoms with Gasteiger partial charge in [-0.15, -0.1) is 35.3 Å². The molecular formula is C22H35IN6S. The van der Waals surface area contributed by atoms with Gasteiger partial charge in [0.05, 0.1) is 6.54 Å². The van der Waals surface area contributed by atoms with Crippen molar-refractivity contribution in [2.24, 2.45) is 4.99 Å². The number of piperazine rings is 1. The Hall–Kier alpha value is -1.39. The van der Waals surface area contributed by atoms with Crippen LogP contribution in [0.15, 0.2) is 35.5 Å². The monoisotopic (exact) mass is 542 g/mol. The van der Waals surface area contributed by atoms with Gasteiger partial charge in [-0.3, -0.25) is 4.90 Å². The maximum absolute atomic E-state index is 4.65. The largest absolute Gasteiger partial charge is 0.369 e. The molecule has 0 spiro atoms. The van der Waals surface area contributed by atoms with Crippen LogP contribution in [0.3, 0.4) is 0 Å². The smallest absolute Gasteiger partial charge is 0.191 e. The summed E-state index contributed by atoms with van der Waals surface area (Å²) in [7, 11) is 0. The van der Waals surface area contributed by atoms with Crippen molar-refractivity contribution in [3.8, 4) is 0 Å². The highest BCUT2D eigenvalue weighted by molar-refractivity contribution is 14.0. The number of benzene rings is 1. The second kappa shape index (κ2) is 13.1. The first-order valence-corrected chi connectivity index (χ1v) is 11.4. The SMILES string of the molecule is CCNC(=NCc1ncc(C)s1)NCCCN1CCN(c2cccc(C)c2)CC1.I. The van der Waals surface area contributed by atoms with Crippen molar-refractivity contribution in [1.29, 1.82) is 0 Å². The number of aromatic nitrogens is 1. The minimum absolute atomic E-state index is 0. The number of thiazole rings is 1. The summed E-state index contributed by atoms with van der Waals surface area (Å²) in [6.07, 6.45) is 3.03. The standard InChI is InChI=1S/C22H34N6S.HI/c1-4-23-22(26-17-21-25-16-19(3)29-21)24-9-6-10-27-11-13-28(14-12-27)20-8-5-7-18(2)15-20;/h5,7-8,15-16H,4,6,9-14,17H2,1-3H3,(H2,23,24,26);1H. The fraction of sp³-hybridized carbons (Fsp3) is 0.545. The number of hydrogen-bond donors (Lipinski definition) is 2. The van der Waals surface area contributed by atoms with Gasteiger partial charge in [-0.1, -0.05) is 12.1 Å². The van der Waals surface area contributed by atoms with Crippen LogP contribution in [0.5, 0.6) is 0 Å². The summed E-state index contributed by atoms with van der Waals surface area (Å²) in [5.41, 5.74) is 2.69. The zero-order valence-electron chi connectivity index (χ0n) is 18.4. The van der Waals surface area contributed by atoms with E-state index in [1.807, 2.05) is 6.20 Å². The highest BCUT2D eigenvalue weighted by atomic mass is 127. The molecule has 1 aromatic heterocycles. The first kappa shape index (κ1) is 24.9. The van der Waals surface area contributed by atoms with Crippen LogP contribution in [-0.2, 0) is 6.54 Å². The molecule has 1 saturated heterocycles. The van der Waals surface area contributed by atoms with Gasteiger partial charge in [0, 0.05) is 56.0 Å². The molecule has 0 saturated carbocycles. The maximum Gasteiger partial charge on any atom is 0.191 e. The Morgan fingerprint density at radius 1 is 1.17 bits per heavy atom. The molecule has 3 rings (SSSR count). The van der Waals surface area contributed by atoms with E-state index in [4.69, 9.17) is 0 Å². The number of anilines is 1. The van der Waals surface area contributed by atoms with Crippen LogP contribution in [0.4, 0.5) is 5.69 Å². The summed E-state index contributed by atoms with van der Waals surface area (Å²) >= 11 is 1.71. The van der Waals surface area contributed by atoms with Crippen molar-refractivity contribution in [3.63, 3.8) is 0 Å². The molecule has 0 aliphatic carbocycles. The minimum Gasteiger partial charge on any atom is -0.369 e. The van der Waals surface area contributed by atoms with E-state index in [0.29, 0.717) is 6.54 Å². The average molecular weight is 543 g/mol. The number of nitrogens with one attached hydrogen (secondary N) is 2. The number of halogens is 1. The van der Waals surface area contributed by atoms with Crippen LogP contribution in [0.25, 0.3) is 0 Å². The fourth-order valence-electron chi connectivity index (χ4n) is 3.53. The molecule has 8 heteroatoms. The molecule has 6 nitrogen and oxygen atoms in total. The molecule has 2 aromatic rings. The fourth-order valence-corrected chi connectivity index (χ4v) is 4.24. The predicted molar refractivity (Wildman–Crippen MR) is 140 cm³/mol. The third-order valence-electron chi connectivity index (χ3n) is 5.07. The van der Waals surface area contributed by atoms with E-state index in [2.05, 4.69) is 75.4 Å². The molecule has 0 atom stereocenters. The lowest BCUT2D eigenvalue weighted by Gasteiger charge is -2.36. The molecule has 1 aliphatic heterocycles. The molecule has 166 valence electrons. The van der Waals surface area contributed by atoms with E-state index in [1.54, 1.807) is 11.3 Å². The minimum atomic E-state index is 0. The lowest BCUT2D eigenvalue weighted by atomic mass is 10.2. The zero-order chi connectivity index (χ0) is 20.5. The molecule has 1 aliphatic rings. The molecule has 1 aromatic carbocycles. The Labute approximate surface area is 202 Å². The van der Waals surface area contributed by atoms with Gasteiger partial charge in [-0.25, -0.2) is 9.98 Å². The van der Waals surface area contributed by atoms with Crippen LogP contribution in [0, 0.1) is 13.8 Å². The Morgan fingerprint density at radius 3 is 2.63 bits per heavy atom. The van der Waals surface area contributed by atoms with Crippen molar-refractivity contribution in [2.75, 3.05) is 50.7 Å².